The van der Waals surface area contributed by atoms with E-state index in [9.17, 15) is 22.8 Å². The van der Waals surface area contributed by atoms with Crippen LogP contribution in [-0.4, -0.2) is 209 Å². The van der Waals surface area contributed by atoms with Crippen LogP contribution in [-0.2, 0) is 24.3 Å². The van der Waals surface area contributed by atoms with Crippen molar-refractivity contribution in [3.8, 4) is 135 Å². The number of hydrogen-bond donors (Lipinski definition) is 12. The lowest BCUT2D eigenvalue weighted by Crippen LogP contribution is -2.43. The molecule has 0 radical (unpaired) electrons. The number of rotatable bonds is 19. The zero-order valence-electron chi connectivity index (χ0n) is 80.7. The van der Waals surface area contributed by atoms with Gasteiger partial charge in [0.1, 0.15) is 0 Å². The zero-order chi connectivity index (χ0) is 101. The van der Waals surface area contributed by atoms with Crippen LogP contribution in [0.25, 0.3) is 222 Å². The number of likely N-dealkylation sites (tertiary alicyclic amines) is 1. The molecule has 4 amide bonds. The Bertz CT molecular complexity index is 9330. The molecule has 0 bridgehead atoms. The van der Waals surface area contributed by atoms with E-state index in [1.807, 2.05) is 103 Å². The Kier molecular flexibility index (Phi) is 25.0. The van der Waals surface area contributed by atoms with E-state index in [1.165, 1.54) is 6.20 Å². The third kappa shape index (κ3) is 19.6. The van der Waals surface area contributed by atoms with Crippen LogP contribution in [0.3, 0.4) is 0 Å². The highest BCUT2D eigenvalue weighted by Crippen LogP contribution is 2.43. The highest BCUT2D eigenvalue weighted by molar-refractivity contribution is 7.92. The Morgan fingerprint density at radius 1 is 0.313 bits per heavy atom. The Morgan fingerprint density at radius 3 is 0.907 bits per heavy atom. The summed E-state index contributed by atoms with van der Waals surface area (Å²) in [6, 6.07) is 64.9. The molecule has 3 aliphatic rings. The summed E-state index contributed by atoms with van der Waals surface area (Å²) in [7, 11) is -1.32. The number of nitrogens with zero attached hydrogens (tertiary/aromatic N) is 18. The van der Waals surface area contributed by atoms with Gasteiger partial charge in [0.15, 0.2) is 22.6 Å². The van der Waals surface area contributed by atoms with E-state index >= 15 is 0 Å². The van der Waals surface area contributed by atoms with Crippen molar-refractivity contribution in [2.24, 2.45) is 11.8 Å². The van der Waals surface area contributed by atoms with E-state index in [2.05, 4.69) is 238 Å². The normalized spacial score (nSPS) is 13.4. The molecule has 0 unspecified atom stereocenters. The second kappa shape index (κ2) is 40.3. The minimum Gasteiger partial charge on any atom is -0.378 e. The number of H-pyrrole nitrogens is 8. The molecule has 1 aliphatic carbocycles. The van der Waals surface area contributed by atoms with E-state index in [0.717, 1.165) is 245 Å². The van der Waals surface area contributed by atoms with E-state index < -0.39 is 10.0 Å². The lowest BCUT2D eigenvalue weighted by atomic mass is 9.96. The predicted molar refractivity (Wildman–Crippen MR) is 581 cm³/mol. The predicted octanol–water partition coefficient (Wildman–Crippen LogP) is 20.8. The number of anilines is 4. The average molecular weight is 2000 g/mol. The summed E-state index contributed by atoms with van der Waals surface area (Å²) in [4.78, 5) is 108. The van der Waals surface area contributed by atoms with Gasteiger partial charge in [-0.15, -0.1) is 0 Å². The number of carbonyl (C=O) groups is 3. The molecule has 2 aliphatic heterocycles. The number of ether oxygens (including phenoxy) is 1. The number of carbonyl (C=O) groups excluding carboxylic acids is 3. The molecule has 22 heterocycles. The zero-order valence-corrected chi connectivity index (χ0v) is 81.5. The van der Waals surface area contributed by atoms with Gasteiger partial charge in [0, 0.05) is 234 Å². The average Bonchev–Trinajstić information content (AvgIpc) is 1.62. The van der Waals surface area contributed by atoms with Crippen LogP contribution in [0.15, 0.2) is 318 Å². The minimum absolute atomic E-state index is 0.0294. The molecule has 736 valence electrons. The number of pyridine rings is 12. The summed E-state index contributed by atoms with van der Waals surface area (Å²) in [5.74, 6) is 0.282. The number of amides is 4. The summed E-state index contributed by atoms with van der Waals surface area (Å²) >= 11 is 0. The SMILES string of the molecule is CN1CCC(C(=O)Nc2cncc(-c3cnc4n[nH]c(-c5cc6c(-c7ccncc7)cccc6[nH]5)c4c3)c2)CC1.CS(=O)(=O)Nc1cncc(-c2cnc3n[nH]c(-c4cc5c(-c6ccncc6)cccc5[nH]4)c3c2)c1.O=C(Nc1cncc(-c2cnc3n[nH]c(-c4cc5c(-c6ccncc6)cccc5[nH]4)c3c2)c1)C1CC1.O=C(Nc1cncc(-c2cnc3n[nH]c(-c4cc5c(-c6ccncc6)cccc5[nH]4)c3c2)c1)N1CCOCC1. The molecule has 150 heavy (non-hydrogen) atoms. The standard InChI is InChI=1S/C31H28N8O.C29H24N8O2.C28H21N7O.C25H19N7O2S/c1-39-11-7-20(8-12-39)31(40)35-23-13-21(16-33-18-23)22-14-26-29(37-38-30(26)34-17-22)28-15-25-24(3-2-4-27(25)36-28)19-5-9-32-10-6-19;38-29(37-8-10-39-11-9-37)33-21-12-19(15-31-17-21)20-13-24-27(35-36-28(24)32-16-20)26-14-23-22(2-1-3-25(23)34-26)18-4-6-30-7-5-18;36-28(17-4-5-17)32-20-10-18(13-30-15-20)19-11-23-26(34-35-27(23)31-14-19)25-12-22-21(2-1-3-24(22)33-25)16-6-8-29-9-7-16;1-35(33,34)32-18-9-16(12-27-14-18)17-10-21-24(30-31-25(21)28-13-17)23-11-20-19(3-2-4-22(20)29-23)15-5-7-26-8-6-15/h2-6,9-10,13-18,20,36H,7-8,11-12H2,1H3,(H,35,40)(H,34,37,38);1-7,12-17,34H,8-11H2,(H,33,38)(H,32,35,36);1-3,6-15,17,33H,4-5H2,(H,32,36)(H,31,34,35);2-14,29,32H,1H3,(H,28,30,31). The van der Waals surface area contributed by atoms with E-state index in [1.54, 1.807) is 129 Å². The smallest absolute Gasteiger partial charge is 0.322 e. The van der Waals surface area contributed by atoms with Gasteiger partial charge in [0.05, 0.1) is 113 Å². The topological polar surface area (TPSA) is 482 Å². The lowest BCUT2D eigenvalue weighted by molar-refractivity contribution is -0.121. The second-order valence-corrected chi connectivity index (χ2v) is 38.8. The van der Waals surface area contributed by atoms with Crippen molar-refractivity contribution >= 4 is 138 Å². The van der Waals surface area contributed by atoms with Crippen molar-refractivity contribution in [3.63, 3.8) is 0 Å². The maximum Gasteiger partial charge on any atom is 0.322 e. The number of piperidine rings is 1. The molecule has 2 saturated heterocycles. The van der Waals surface area contributed by atoms with Crippen molar-refractivity contribution < 1.29 is 27.5 Å². The van der Waals surface area contributed by atoms with Crippen LogP contribution in [0.1, 0.15) is 25.7 Å². The number of hydrogen-bond acceptors (Lipinski definition) is 23. The minimum atomic E-state index is -3.41. The van der Waals surface area contributed by atoms with Gasteiger partial charge in [-0.05, 0) is 236 Å². The van der Waals surface area contributed by atoms with Gasteiger partial charge in [-0.3, -0.25) is 74.6 Å². The first-order valence-corrected chi connectivity index (χ1v) is 50.6. The maximum absolute atomic E-state index is 12.9. The Hall–Kier alpha value is -19.4. The Morgan fingerprint density at radius 2 is 0.600 bits per heavy atom. The number of morpholine rings is 1. The van der Waals surface area contributed by atoms with Gasteiger partial charge in [-0.1, -0.05) is 48.5 Å². The molecule has 37 heteroatoms. The van der Waals surface area contributed by atoms with Gasteiger partial charge < -0.3 is 50.4 Å². The number of nitrogens with one attached hydrogen (secondary N) is 12. The van der Waals surface area contributed by atoms with Gasteiger partial charge in [-0.25, -0.2) is 33.1 Å². The van der Waals surface area contributed by atoms with Gasteiger partial charge in [-0.2, -0.15) is 20.4 Å². The van der Waals surface area contributed by atoms with Crippen LogP contribution in [0.4, 0.5) is 27.5 Å². The van der Waals surface area contributed by atoms with Crippen LogP contribution in [0.5, 0.6) is 0 Å². The summed E-state index contributed by atoms with van der Waals surface area (Å²) < 4.78 is 31.0. The quantitative estimate of drug-likeness (QED) is 0.0358. The number of sulfonamides is 1. The summed E-state index contributed by atoms with van der Waals surface area (Å²) in [6.45, 7) is 4.12. The van der Waals surface area contributed by atoms with Crippen LogP contribution in [0, 0.1) is 11.8 Å². The van der Waals surface area contributed by atoms with Crippen molar-refractivity contribution in [1.29, 1.82) is 0 Å². The molecular formula is C113H92N30O6S. The summed E-state index contributed by atoms with van der Waals surface area (Å²) in [5.41, 5.74) is 31.7. The molecule has 1 saturated carbocycles. The number of aromatic amines is 8. The third-order valence-corrected chi connectivity index (χ3v) is 27.7. The fraction of sp³-hybridized carbons (Fsp3) is 0.124. The molecule has 4 aromatic carbocycles. The van der Waals surface area contributed by atoms with Crippen LogP contribution in [0.2, 0.25) is 0 Å². The first-order valence-electron chi connectivity index (χ1n) is 48.7. The number of benzene rings is 4. The van der Waals surface area contributed by atoms with Gasteiger partial charge >= 0.3 is 6.03 Å². The molecule has 36 nitrogen and oxygen atoms in total. The lowest BCUT2D eigenvalue weighted by Gasteiger charge is -2.28. The Labute approximate surface area is 854 Å². The second-order valence-electron chi connectivity index (χ2n) is 37.1. The van der Waals surface area contributed by atoms with Gasteiger partial charge in [0.2, 0.25) is 21.8 Å². The van der Waals surface area contributed by atoms with Crippen molar-refractivity contribution in [3.05, 3.63) is 318 Å². The monoisotopic (exact) mass is 2000 g/mol. The molecule has 27 rings (SSSR count). The fourth-order valence-electron chi connectivity index (χ4n) is 19.3. The van der Waals surface area contributed by atoms with Crippen molar-refractivity contribution in [1.82, 2.24) is 130 Å². The fourth-order valence-corrected chi connectivity index (χ4v) is 19.8. The highest BCUT2D eigenvalue weighted by Gasteiger charge is 2.31. The first-order chi connectivity index (χ1) is 73.5. The molecule has 0 spiro atoms. The maximum atomic E-state index is 12.9. The van der Waals surface area contributed by atoms with E-state index in [0.29, 0.717) is 71.6 Å². The molecule has 0 atom stereocenters. The first kappa shape index (κ1) is 93.0. The molecule has 12 N–H and O–H groups in total. The largest absolute Gasteiger partial charge is 0.378 e. The van der Waals surface area contributed by atoms with E-state index in [4.69, 9.17) is 4.74 Å². The molecule has 24 aromatic rings. The third-order valence-electron chi connectivity index (χ3n) is 27.0. The molecular weight excluding hydrogens is 1910 g/mol. The van der Waals surface area contributed by atoms with Crippen molar-refractivity contribution in [2.45, 2.75) is 25.7 Å². The van der Waals surface area contributed by atoms with Crippen molar-refractivity contribution in [2.75, 3.05) is 73.4 Å². The number of fused-ring (bicyclic) bond motifs is 8. The van der Waals surface area contributed by atoms with Crippen LogP contribution >= 0.6 is 0 Å². The summed E-state index contributed by atoms with van der Waals surface area (Å²) in [6.07, 6.45) is 39.7. The highest BCUT2D eigenvalue weighted by atomic mass is 32.2. The number of urea groups is 1. The Balaban J connectivity index is 0.000000107. The van der Waals surface area contributed by atoms with E-state index in [-0.39, 0.29) is 29.7 Å². The summed E-state index contributed by atoms with van der Waals surface area (Å²) in [5, 5.41) is 47.2. The molecule has 20 aromatic heterocycles. The van der Waals surface area contributed by atoms with Crippen LogP contribution < -0.4 is 20.7 Å². The van der Waals surface area contributed by atoms with Gasteiger partial charge in [0.25, 0.3) is 0 Å². The number of aromatic nitrogens is 24. The molecule has 3 fully saturated rings.